The summed E-state index contributed by atoms with van der Waals surface area (Å²) < 4.78 is 0. The molecule has 3 atom stereocenters. The van der Waals surface area contributed by atoms with Crippen LogP contribution in [0.4, 0.5) is 17.1 Å². The van der Waals surface area contributed by atoms with Crippen LogP contribution in [0.3, 0.4) is 0 Å². The minimum Gasteiger partial charge on any atom is -0.310 e. The van der Waals surface area contributed by atoms with E-state index < -0.39 is 0 Å². The van der Waals surface area contributed by atoms with Gasteiger partial charge in [-0.2, -0.15) is 0 Å². The van der Waals surface area contributed by atoms with Gasteiger partial charge >= 0.3 is 0 Å². The van der Waals surface area contributed by atoms with E-state index in [-0.39, 0.29) is 5.41 Å². The van der Waals surface area contributed by atoms with E-state index in [1.807, 2.05) is 0 Å². The summed E-state index contributed by atoms with van der Waals surface area (Å²) in [5.74, 6) is 3.09. The van der Waals surface area contributed by atoms with Crippen molar-refractivity contribution in [1.29, 1.82) is 0 Å². The molecule has 4 aliphatic rings. The second-order valence-corrected chi connectivity index (χ2v) is 18.3. The van der Waals surface area contributed by atoms with E-state index >= 15 is 0 Å². The summed E-state index contributed by atoms with van der Waals surface area (Å²) in [6.45, 7) is 4.86. The molecule has 57 heavy (non-hydrogen) atoms. The van der Waals surface area contributed by atoms with Crippen molar-refractivity contribution in [2.45, 2.75) is 88.9 Å². The Balaban J connectivity index is 1.16. The third-order valence-corrected chi connectivity index (χ3v) is 14.8. The highest BCUT2D eigenvalue weighted by molar-refractivity contribution is 6.03. The molecule has 7 aromatic rings. The molecular formula is C56H53N. The van der Waals surface area contributed by atoms with Crippen molar-refractivity contribution in [2.75, 3.05) is 4.90 Å². The fourth-order valence-corrected chi connectivity index (χ4v) is 11.9. The maximum absolute atomic E-state index is 2.60. The molecule has 0 N–H and O–H groups in total. The van der Waals surface area contributed by atoms with Crippen LogP contribution in [-0.2, 0) is 5.41 Å². The lowest BCUT2D eigenvalue weighted by molar-refractivity contribution is 0.422. The Morgan fingerprint density at radius 1 is 0.509 bits per heavy atom. The monoisotopic (exact) mass is 739 g/mol. The first-order valence-corrected chi connectivity index (χ1v) is 21.9. The highest BCUT2D eigenvalue weighted by Gasteiger charge is 2.41. The minimum absolute atomic E-state index is 0.164. The zero-order valence-electron chi connectivity index (χ0n) is 33.6. The second-order valence-electron chi connectivity index (χ2n) is 18.3. The van der Waals surface area contributed by atoms with Gasteiger partial charge in [-0.3, -0.25) is 0 Å². The van der Waals surface area contributed by atoms with Gasteiger partial charge in [0.1, 0.15) is 0 Å². The molecule has 282 valence electrons. The van der Waals surface area contributed by atoms with E-state index in [4.69, 9.17) is 0 Å². The number of hydrogen-bond donors (Lipinski definition) is 0. The van der Waals surface area contributed by atoms with Crippen molar-refractivity contribution in [3.05, 3.63) is 174 Å². The zero-order chi connectivity index (χ0) is 38.1. The third-order valence-electron chi connectivity index (χ3n) is 14.8. The van der Waals surface area contributed by atoms with Gasteiger partial charge in [0.05, 0.1) is 5.69 Å². The normalized spacial score (nSPS) is 20.8. The van der Waals surface area contributed by atoms with Gasteiger partial charge < -0.3 is 4.90 Å². The molecule has 3 unspecified atom stereocenters. The molecule has 1 heteroatoms. The first-order chi connectivity index (χ1) is 28.0. The molecule has 0 aliphatic heterocycles. The number of benzene rings is 7. The van der Waals surface area contributed by atoms with Crippen LogP contribution in [0.2, 0.25) is 0 Å². The smallest absolute Gasteiger partial charge is 0.0540 e. The Kier molecular flexibility index (Phi) is 8.50. The molecule has 3 fully saturated rings. The lowest BCUT2D eigenvalue weighted by atomic mass is 9.80. The molecule has 1 nitrogen and oxygen atoms in total. The van der Waals surface area contributed by atoms with Crippen LogP contribution >= 0.6 is 0 Å². The van der Waals surface area contributed by atoms with E-state index in [0.717, 1.165) is 11.8 Å². The molecule has 0 heterocycles. The van der Waals surface area contributed by atoms with Crippen molar-refractivity contribution in [2.24, 2.45) is 11.8 Å². The first kappa shape index (κ1) is 34.8. The lowest BCUT2D eigenvalue weighted by Gasteiger charge is -2.32. The first-order valence-electron chi connectivity index (χ1n) is 21.9. The molecule has 0 saturated heterocycles. The molecular weight excluding hydrogens is 687 g/mol. The van der Waals surface area contributed by atoms with Gasteiger partial charge in [-0.25, -0.2) is 0 Å². The summed E-state index contributed by atoms with van der Waals surface area (Å²) in [5, 5.41) is 2.78. The lowest BCUT2D eigenvalue weighted by Crippen LogP contribution is -2.17. The van der Waals surface area contributed by atoms with Crippen LogP contribution in [0.25, 0.3) is 44.2 Å². The molecule has 0 amide bonds. The predicted octanol–water partition coefficient (Wildman–Crippen LogP) is 15.9. The maximum atomic E-state index is 2.60. The number of rotatable bonds is 7. The highest BCUT2D eigenvalue weighted by Crippen LogP contribution is 2.57. The van der Waals surface area contributed by atoms with Crippen LogP contribution in [0.1, 0.15) is 106 Å². The van der Waals surface area contributed by atoms with Crippen molar-refractivity contribution < 1.29 is 0 Å². The molecule has 4 aliphatic carbocycles. The largest absolute Gasteiger partial charge is 0.310 e. The quantitative estimate of drug-likeness (QED) is 0.157. The summed E-state index contributed by atoms with van der Waals surface area (Å²) >= 11 is 0. The number of hydrogen-bond acceptors (Lipinski definition) is 1. The summed E-state index contributed by atoms with van der Waals surface area (Å²) in [5.41, 5.74) is 17.2. The maximum Gasteiger partial charge on any atom is 0.0540 e. The molecule has 3 saturated carbocycles. The van der Waals surface area contributed by atoms with Gasteiger partial charge in [0.25, 0.3) is 0 Å². The van der Waals surface area contributed by atoms with Gasteiger partial charge in [-0.1, -0.05) is 161 Å². The molecule has 11 rings (SSSR count). The van der Waals surface area contributed by atoms with E-state index in [1.54, 1.807) is 5.56 Å². The third kappa shape index (κ3) is 5.80. The van der Waals surface area contributed by atoms with Gasteiger partial charge in [0.2, 0.25) is 0 Å². The Morgan fingerprint density at radius 2 is 1.21 bits per heavy atom. The summed E-state index contributed by atoms with van der Waals surface area (Å²) in [6.07, 6.45) is 12.3. The molecule has 2 bridgehead atoms. The number of fused-ring (bicyclic) bond motifs is 6. The Hall–Kier alpha value is -5.40. The van der Waals surface area contributed by atoms with Crippen LogP contribution in [0.15, 0.2) is 152 Å². The Bertz CT molecular complexity index is 2610. The molecule has 7 aromatic carbocycles. The van der Waals surface area contributed by atoms with Gasteiger partial charge in [-0.05, 0) is 147 Å². The summed E-state index contributed by atoms with van der Waals surface area (Å²) in [7, 11) is 0. The Morgan fingerprint density at radius 3 is 1.96 bits per heavy atom. The van der Waals surface area contributed by atoms with Crippen molar-refractivity contribution in [3.8, 4) is 33.4 Å². The van der Waals surface area contributed by atoms with Crippen LogP contribution in [0.5, 0.6) is 0 Å². The van der Waals surface area contributed by atoms with Gasteiger partial charge in [0, 0.05) is 22.2 Å². The zero-order valence-corrected chi connectivity index (χ0v) is 33.6. The van der Waals surface area contributed by atoms with Crippen LogP contribution in [0, 0.1) is 11.8 Å². The van der Waals surface area contributed by atoms with Crippen molar-refractivity contribution in [3.63, 3.8) is 0 Å². The molecule has 0 aromatic heterocycles. The predicted molar refractivity (Wildman–Crippen MR) is 241 cm³/mol. The highest BCUT2D eigenvalue weighted by atomic mass is 15.1. The second kappa shape index (κ2) is 13.9. The average molecular weight is 740 g/mol. The topological polar surface area (TPSA) is 3.24 Å². The van der Waals surface area contributed by atoms with Crippen molar-refractivity contribution >= 4 is 27.8 Å². The van der Waals surface area contributed by atoms with E-state index in [0.29, 0.717) is 11.8 Å². The van der Waals surface area contributed by atoms with Crippen LogP contribution in [-0.4, -0.2) is 0 Å². The average Bonchev–Trinajstić information content (AvgIpc) is 3.97. The molecule has 0 radical (unpaired) electrons. The SMILES string of the molecule is CC1(C)c2ccccc2-c2c(-c3ccccc3-c3ccccc3)cc(N(c3ccc(C4CCCCC4)cc3)c3ccc(C4CC5CCC4C5)c4ccccc34)cc21. The number of anilines is 3. The van der Waals surface area contributed by atoms with Gasteiger partial charge in [0.15, 0.2) is 0 Å². The van der Waals surface area contributed by atoms with Gasteiger partial charge in [-0.15, -0.1) is 0 Å². The van der Waals surface area contributed by atoms with E-state index in [9.17, 15) is 0 Å². The minimum atomic E-state index is -0.164. The Labute approximate surface area is 339 Å². The van der Waals surface area contributed by atoms with E-state index in [2.05, 4.69) is 170 Å². The summed E-state index contributed by atoms with van der Waals surface area (Å²) in [6, 6.07) is 58.3. The molecule has 0 spiro atoms. The number of nitrogens with zero attached hydrogens (tertiary/aromatic N) is 1. The van der Waals surface area contributed by atoms with Crippen LogP contribution < -0.4 is 4.90 Å². The summed E-state index contributed by atoms with van der Waals surface area (Å²) in [4.78, 5) is 2.60. The van der Waals surface area contributed by atoms with Crippen molar-refractivity contribution in [1.82, 2.24) is 0 Å². The fourth-order valence-electron chi connectivity index (χ4n) is 11.9. The standard InChI is InChI=1S/C56H53N/c1-56(2)52-24-14-13-23-49(52)55-51(45-20-10-9-19-44(45)40-17-7-4-8-18-40)35-43(36-53(55)56)57(42-29-27-39(28-30-42)38-15-5-3-6-16-38)54-32-31-47(46-21-11-12-22-48(46)54)50-34-37-25-26-41(50)33-37/h4,7-14,17-24,27-32,35-38,41,50H,3,5-6,15-16,25-26,33-34H2,1-2H3. The fraction of sp³-hybridized carbons (Fsp3) is 0.286. The van der Waals surface area contributed by atoms with E-state index in [1.165, 1.54) is 136 Å².